The van der Waals surface area contributed by atoms with Gasteiger partial charge in [0.25, 0.3) is 0 Å². The molecule has 2 N–H and O–H groups in total. The van der Waals surface area contributed by atoms with Gasteiger partial charge in [-0.3, -0.25) is 0 Å². The van der Waals surface area contributed by atoms with Crippen LogP contribution in [-0.4, -0.2) is 35.6 Å². The van der Waals surface area contributed by atoms with Crippen LogP contribution in [0.5, 0.6) is 0 Å². The average Bonchev–Trinajstić information content (AvgIpc) is 0.949. The molecule has 0 aliphatic heterocycles. The Hall–Kier alpha value is -2.54. The molecule has 5 heteroatoms. The van der Waals surface area contributed by atoms with E-state index < -0.39 is 0 Å². The highest BCUT2D eigenvalue weighted by atomic mass is 79.9. The van der Waals surface area contributed by atoms with Crippen LogP contribution < -0.4 is 0 Å². The van der Waals surface area contributed by atoms with Crippen molar-refractivity contribution in [2.75, 3.05) is 13.2 Å². The number of benzene rings is 3. The monoisotopic (exact) mass is 1230 g/mol. The van der Waals surface area contributed by atoms with Gasteiger partial charge in [0.1, 0.15) is 0 Å². The van der Waals surface area contributed by atoms with Crippen molar-refractivity contribution in [3.8, 4) is 0 Å². The van der Waals surface area contributed by atoms with Crippen LogP contribution in [0.1, 0.15) is 228 Å². The van der Waals surface area contributed by atoms with Crippen molar-refractivity contribution in [1.29, 1.82) is 0 Å². The number of allylic oxidation sites excluding steroid dienone is 2. The number of hydrogen-bond donors (Lipinski definition) is 2. The van der Waals surface area contributed by atoms with E-state index in [1.165, 1.54) is 150 Å². The first-order valence-corrected chi connectivity index (χ1v) is 36.3. The van der Waals surface area contributed by atoms with Crippen molar-refractivity contribution in [2.45, 2.75) is 242 Å². The van der Waals surface area contributed by atoms with E-state index in [4.69, 9.17) is 9.47 Å². The molecule has 10 aliphatic rings. The van der Waals surface area contributed by atoms with Crippen LogP contribution >= 0.6 is 15.9 Å². The van der Waals surface area contributed by atoms with Crippen LogP contribution in [-0.2, 0) is 28.0 Å². The zero-order valence-corrected chi connectivity index (χ0v) is 57.9. The van der Waals surface area contributed by atoms with E-state index in [1.54, 1.807) is 0 Å². The number of ether oxygens (including phenoxy) is 2. The zero-order valence-electron chi connectivity index (χ0n) is 56.3. The van der Waals surface area contributed by atoms with Crippen molar-refractivity contribution in [3.63, 3.8) is 0 Å². The molecule has 3 aromatic rings. The summed E-state index contributed by atoms with van der Waals surface area (Å²) in [4.78, 5) is 0. The largest absolute Gasteiger partial charge is 0.396 e. The van der Waals surface area contributed by atoms with Gasteiger partial charge < -0.3 is 19.7 Å². The summed E-state index contributed by atoms with van der Waals surface area (Å²) >= 11 is 3.36. The number of alkyl halides is 1. The van der Waals surface area contributed by atoms with Gasteiger partial charge in [-0.15, -0.1) is 0 Å². The third-order valence-electron chi connectivity index (χ3n) is 30.5. The van der Waals surface area contributed by atoms with E-state index in [2.05, 4.69) is 185 Å². The van der Waals surface area contributed by atoms with E-state index in [0.717, 1.165) is 61.2 Å². The fourth-order valence-electron chi connectivity index (χ4n) is 25.6. The third-order valence-corrected chi connectivity index (χ3v) is 31.2. The minimum absolute atomic E-state index is 0.0290. The summed E-state index contributed by atoms with van der Waals surface area (Å²) < 4.78 is 13.4. The molecule has 86 heavy (non-hydrogen) atoms. The first-order valence-electron chi connectivity index (χ1n) is 35.2. The molecule has 10 saturated carbocycles. The van der Waals surface area contributed by atoms with Gasteiger partial charge >= 0.3 is 0 Å². The number of aliphatic hydroxyl groups excluding tert-OH is 2. The lowest BCUT2D eigenvalue weighted by atomic mass is 9.32. The Bertz CT molecular complexity index is 2830. The Labute approximate surface area is 533 Å². The fraction of sp³-hybridized carbons (Fsp3) is 0.728. The predicted molar refractivity (Wildman–Crippen MR) is 361 cm³/mol. The van der Waals surface area contributed by atoms with Crippen LogP contribution in [0.4, 0.5) is 0 Å². The van der Waals surface area contributed by atoms with Gasteiger partial charge in [0.2, 0.25) is 0 Å². The lowest BCUT2D eigenvalue weighted by Gasteiger charge is -2.73. The van der Waals surface area contributed by atoms with E-state index in [-0.39, 0.29) is 22.3 Å². The second kappa shape index (κ2) is 24.2. The molecule has 0 unspecified atom stereocenters. The number of halogens is 1. The van der Waals surface area contributed by atoms with Crippen molar-refractivity contribution < 1.29 is 19.7 Å². The summed E-state index contributed by atoms with van der Waals surface area (Å²) in [6.45, 7) is 42.5. The molecular weight excluding hydrogens is 1120 g/mol. The number of aliphatic hydroxyl groups is 2. The molecule has 13 rings (SSSR count). The Kier molecular flexibility index (Phi) is 18.3. The zero-order chi connectivity index (χ0) is 61.5. The molecule has 474 valence electrons. The minimum atomic E-state index is -0.147. The summed E-state index contributed by atoms with van der Waals surface area (Å²) in [6.07, 6.45) is 25.9. The first kappa shape index (κ1) is 65.0. The number of hydrogen-bond acceptors (Lipinski definition) is 4. The lowest BCUT2D eigenvalue weighted by molar-refractivity contribution is -0.254. The quantitative estimate of drug-likeness (QED) is 0.148. The van der Waals surface area contributed by atoms with Gasteiger partial charge in [-0.1, -0.05) is 200 Å². The van der Waals surface area contributed by atoms with Gasteiger partial charge in [-0.25, -0.2) is 0 Å². The van der Waals surface area contributed by atoms with Crippen LogP contribution in [0.25, 0.3) is 0 Å². The fourth-order valence-corrected chi connectivity index (χ4v) is 26.0. The van der Waals surface area contributed by atoms with Crippen molar-refractivity contribution in [3.05, 3.63) is 132 Å². The van der Waals surface area contributed by atoms with Gasteiger partial charge in [0.15, 0.2) is 0 Å². The van der Waals surface area contributed by atoms with Crippen molar-refractivity contribution in [2.24, 2.45) is 113 Å². The summed E-state index contributed by atoms with van der Waals surface area (Å²) in [6, 6.07) is 31.9. The Balaban J connectivity index is 0.000000166. The van der Waals surface area contributed by atoms with Gasteiger partial charge in [-0.2, -0.15) is 0 Å². The summed E-state index contributed by atoms with van der Waals surface area (Å²) in [5, 5.41) is 22.5. The molecular formula is C81H119BrO4. The summed E-state index contributed by atoms with van der Waals surface area (Å²) in [5.41, 5.74) is 9.59. The molecule has 0 heterocycles. The SMILES string of the molecule is BrCc1ccccc1.C=C(C)[C@@H]1CC[C@]2(CO)CC[C@]3(C)[C@H](CC[C@@H]4[C@@]5(C)CC[C@H](O)C(C)(C)[C@@H]5CC[C@]43C)[C@@H]12.C=C(C)[C@@H]1CC[C@]2(COCc3ccccc3)CC[C@]3(C)[C@H](CC[C@@H]4[C@@]5(C)CC[C@H](OCc6ccccc6)C(C)(C)[C@@H]5CC[C@]43C)[C@@H]12. The van der Waals surface area contributed by atoms with Gasteiger partial charge in [-0.05, 0) is 272 Å². The summed E-state index contributed by atoms with van der Waals surface area (Å²) in [7, 11) is 0. The lowest BCUT2D eigenvalue weighted by Crippen LogP contribution is -2.67. The van der Waals surface area contributed by atoms with Crippen LogP contribution in [0, 0.1) is 113 Å². The normalized spacial score (nSPS) is 44.7. The highest BCUT2D eigenvalue weighted by Gasteiger charge is 2.73. The smallest absolute Gasteiger partial charge is 0.0720 e. The third kappa shape index (κ3) is 10.5. The van der Waals surface area contributed by atoms with E-state index >= 15 is 0 Å². The first-order chi connectivity index (χ1) is 40.8. The van der Waals surface area contributed by atoms with Gasteiger partial charge in [0.05, 0.1) is 32.0 Å². The van der Waals surface area contributed by atoms with Crippen LogP contribution in [0.3, 0.4) is 0 Å². The summed E-state index contributed by atoms with van der Waals surface area (Å²) in [5.74, 6) is 6.97. The molecule has 10 aliphatic carbocycles. The minimum Gasteiger partial charge on any atom is -0.396 e. The Morgan fingerprint density at radius 2 is 0.907 bits per heavy atom. The molecule has 10 fully saturated rings. The van der Waals surface area contributed by atoms with Crippen LogP contribution in [0.15, 0.2) is 115 Å². The van der Waals surface area contributed by atoms with Gasteiger partial charge in [0, 0.05) is 11.9 Å². The van der Waals surface area contributed by atoms with E-state index in [1.807, 2.05) is 18.2 Å². The molecule has 0 spiro atoms. The molecule has 0 radical (unpaired) electrons. The molecule has 0 saturated heterocycles. The van der Waals surface area contributed by atoms with Crippen molar-refractivity contribution >= 4 is 15.9 Å². The maximum atomic E-state index is 10.9. The molecule has 0 bridgehead atoms. The second-order valence-electron chi connectivity index (χ2n) is 34.4. The average molecular weight is 1240 g/mol. The maximum Gasteiger partial charge on any atom is 0.0720 e. The predicted octanol–water partition coefficient (Wildman–Crippen LogP) is 21.0. The van der Waals surface area contributed by atoms with E-state index in [9.17, 15) is 10.2 Å². The standard InChI is InChI=1S/C44H62O2.C30H50O2.C7H7Br/c1-31(2)34-20-25-44(30-45-28-32-14-10-8-11-15-32)27-26-42(6)35(39(34)44)18-19-37-41(5)23-22-38(46-29-33-16-12-9-13-17-33)40(3,4)36(41)21-24-43(37,42)7;1-19(2)20-10-15-30(18-31)17-16-28(6)21(25(20)30)8-9-23-27(5)13-12-24(32)26(3,4)22(27)11-14-29(23,28)7;8-6-7-4-2-1-3-5-7/h8-17,34-39H,1,18-30H2,2-7H3;20-25,31-32H,1,8-18H2,2-7H3;1-5H,6H2/t34-,35+,36-,37+,38-,39+,41-,42+,43+,44+;20-,21+,22-,23+,24-,25+,27-,28+,29+,30+;/m00./s1. The maximum absolute atomic E-state index is 10.9. The Morgan fingerprint density at radius 3 is 1.38 bits per heavy atom. The highest BCUT2D eigenvalue weighted by Crippen LogP contribution is 2.80. The molecule has 0 amide bonds. The number of rotatable bonds is 11. The second-order valence-corrected chi connectivity index (χ2v) is 34.9. The van der Waals surface area contributed by atoms with Crippen molar-refractivity contribution in [1.82, 2.24) is 0 Å². The molecule has 0 aromatic heterocycles. The highest BCUT2D eigenvalue weighted by molar-refractivity contribution is 9.08. The number of fused-ring (bicyclic) bond motifs is 14. The topological polar surface area (TPSA) is 58.9 Å². The van der Waals surface area contributed by atoms with Crippen LogP contribution in [0.2, 0.25) is 0 Å². The van der Waals surface area contributed by atoms with E-state index in [0.29, 0.717) is 80.2 Å². The Morgan fingerprint density at radius 1 is 0.465 bits per heavy atom. The molecule has 4 nitrogen and oxygen atoms in total. The molecule has 20 atom stereocenters. The molecule has 3 aromatic carbocycles.